The third-order valence-electron chi connectivity index (χ3n) is 2.91. The molecule has 1 aromatic carbocycles. The van der Waals surface area contributed by atoms with Gasteiger partial charge in [0.15, 0.2) is 0 Å². The van der Waals surface area contributed by atoms with Gasteiger partial charge in [-0.1, -0.05) is 12.1 Å². The van der Waals surface area contributed by atoms with Crippen LogP contribution in [0.25, 0.3) is 11.0 Å². The Hall–Kier alpha value is -1.79. The maximum absolute atomic E-state index is 5.28. The van der Waals surface area contributed by atoms with Crippen LogP contribution in [0.1, 0.15) is 19.2 Å². The van der Waals surface area contributed by atoms with Crippen LogP contribution in [-0.2, 0) is 13.6 Å². The molecule has 1 unspecified atom stereocenters. The van der Waals surface area contributed by atoms with Crippen LogP contribution < -0.4 is 5.32 Å². The number of aromatic nitrogens is 2. The Labute approximate surface area is 102 Å². The number of nitrogens with one attached hydrogen (secondary N) is 1. The van der Waals surface area contributed by atoms with Gasteiger partial charge >= 0.3 is 0 Å². The minimum Gasteiger partial charge on any atom is -0.330 e. The lowest BCUT2D eigenvalue weighted by molar-refractivity contribution is 0.539. The van der Waals surface area contributed by atoms with Crippen molar-refractivity contribution < 1.29 is 0 Å². The van der Waals surface area contributed by atoms with E-state index in [4.69, 9.17) is 6.42 Å². The lowest BCUT2D eigenvalue weighted by atomic mass is 10.2. The molecule has 0 radical (unpaired) electrons. The van der Waals surface area contributed by atoms with Crippen molar-refractivity contribution in [2.75, 3.05) is 0 Å². The number of rotatable bonds is 4. The number of benzene rings is 1. The van der Waals surface area contributed by atoms with Gasteiger partial charge in [-0.15, -0.1) is 12.3 Å². The SMILES string of the molecule is C#CCC(C)NCc1nc2ccccc2n1C. The van der Waals surface area contributed by atoms with Gasteiger partial charge in [-0.3, -0.25) is 0 Å². The van der Waals surface area contributed by atoms with Crippen molar-refractivity contribution in [3.05, 3.63) is 30.1 Å². The quantitative estimate of drug-likeness (QED) is 0.810. The van der Waals surface area contributed by atoms with Gasteiger partial charge in [-0.2, -0.15) is 0 Å². The second-order valence-corrected chi connectivity index (χ2v) is 4.27. The monoisotopic (exact) mass is 227 g/mol. The fraction of sp³-hybridized carbons (Fsp3) is 0.357. The fourth-order valence-corrected chi connectivity index (χ4v) is 1.87. The van der Waals surface area contributed by atoms with Gasteiger partial charge < -0.3 is 9.88 Å². The number of fused-ring (bicyclic) bond motifs is 1. The van der Waals surface area contributed by atoms with Crippen LogP contribution in [0.15, 0.2) is 24.3 Å². The highest BCUT2D eigenvalue weighted by Gasteiger charge is 2.07. The molecule has 1 atom stereocenters. The van der Waals surface area contributed by atoms with Crippen LogP contribution in [0.2, 0.25) is 0 Å². The summed E-state index contributed by atoms with van der Waals surface area (Å²) < 4.78 is 2.12. The molecule has 3 heteroatoms. The zero-order valence-corrected chi connectivity index (χ0v) is 10.3. The average molecular weight is 227 g/mol. The molecule has 3 nitrogen and oxygen atoms in total. The molecule has 1 heterocycles. The second kappa shape index (κ2) is 5.03. The normalized spacial score (nSPS) is 12.5. The summed E-state index contributed by atoms with van der Waals surface area (Å²) in [5.41, 5.74) is 2.20. The molecule has 2 aromatic rings. The summed E-state index contributed by atoms with van der Waals surface area (Å²) in [6.07, 6.45) is 6.02. The van der Waals surface area contributed by atoms with Crippen LogP contribution in [0.4, 0.5) is 0 Å². The number of hydrogen-bond donors (Lipinski definition) is 1. The summed E-state index contributed by atoms with van der Waals surface area (Å²) in [4.78, 5) is 4.59. The van der Waals surface area contributed by atoms with Gasteiger partial charge in [-0.25, -0.2) is 4.98 Å². The van der Waals surface area contributed by atoms with Gasteiger partial charge in [0.2, 0.25) is 0 Å². The van der Waals surface area contributed by atoms with Gasteiger partial charge in [-0.05, 0) is 19.1 Å². The van der Waals surface area contributed by atoms with Gasteiger partial charge in [0.1, 0.15) is 5.82 Å². The smallest absolute Gasteiger partial charge is 0.123 e. The highest BCUT2D eigenvalue weighted by molar-refractivity contribution is 5.75. The van der Waals surface area contributed by atoms with E-state index in [0.717, 1.165) is 29.8 Å². The molecule has 0 spiro atoms. The lowest BCUT2D eigenvalue weighted by Crippen LogP contribution is -2.26. The van der Waals surface area contributed by atoms with E-state index in [2.05, 4.69) is 33.8 Å². The van der Waals surface area contributed by atoms with E-state index >= 15 is 0 Å². The van der Waals surface area contributed by atoms with Crippen LogP contribution in [-0.4, -0.2) is 15.6 Å². The third-order valence-corrected chi connectivity index (χ3v) is 2.91. The van der Waals surface area contributed by atoms with E-state index in [1.54, 1.807) is 0 Å². The van der Waals surface area contributed by atoms with Crippen LogP contribution in [0, 0.1) is 12.3 Å². The summed E-state index contributed by atoms with van der Waals surface area (Å²) in [5, 5.41) is 3.38. The Bertz CT molecular complexity index is 548. The van der Waals surface area contributed by atoms with Crippen molar-refractivity contribution >= 4 is 11.0 Å². The Morgan fingerprint density at radius 3 is 2.94 bits per heavy atom. The van der Waals surface area contributed by atoms with Gasteiger partial charge in [0.05, 0.1) is 17.6 Å². The highest BCUT2D eigenvalue weighted by Crippen LogP contribution is 2.13. The molecule has 17 heavy (non-hydrogen) atoms. The molecule has 0 saturated carbocycles. The van der Waals surface area contributed by atoms with E-state index in [0.29, 0.717) is 6.04 Å². The van der Waals surface area contributed by atoms with Crippen LogP contribution >= 0.6 is 0 Å². The summed E-state index contributed by atoms with van der Waals surface area (Å²) in [5.74, 6) is 3.69. The molecule has 1 N–H and O–H groups in total. The number of terminal acetylenes is 1. The Morgan fingerprint density at radius 1 is 1.47 bits per heavy atom. The Morgan fingerprint density at radius 2 is 2.24 bits per heavy atom. The molecule has 0 aliphatic rings. The molecule has 0 saturated heterocycles. The van der Waals surface area contributed by atoms with E-state index in [1.807, 2.05) is 25.2 Å². The minimum atomic E-state index is 0.319. The van der Waals surface area contributed by atoms with Crippen LogP contribution in [0.3, 0.4) is 0 Å². The van der Waals surface area contributed by atoms with Crippen molar-refractivity contribution in [2.45, 2.75) is 25.9 Å². The Kier molecular flexibility index (Phi) is 3.46. The topological polar surface area (TPSA) is 29.9 Å². The van der Waals surface area contributed by atoms with Crippen molar-refractivity contribution in [2.24, 2.45) is 7.05 Å². The highest BCUT2D eigenvalue weighted by atomic mass is 15.1. The zero-order valence-electron chi connectivity index (χ0n) is 10.3. The fourth-order valence-electron chi connectivity index (χ4n) is 1.87. The molecule has 0 amide bonds. The first kappa shape index (κ1) is 11.7. The van der Waals surface area contributed by atoms with Crippen molar-refractivity contribution in [3.63, 3.8) is 0 Å². The van der Waals surface area contributed by atoms with E-state index in [1.165, 1.54) is 0 Å². The molecule has 0 fully saturated rings. The first-order valence-electron chi connectivity index (χ1n) is 5.79. The Balaban J connectivity index is 2.14. The first-order valence-corrected chi connectivity index (χ1v) is 5.79. The summed E-state index contributed by atoms with van der Waals surface area (Å²) in [6.45, 7) is 2.83. The van der Waals surface area contributed by atoms with Crippen LogP contribution in [0.5, 0.6) is 0 Å². The third kappa shape index (κ3) is 2.48. The first-order chi connectivity index (χ1) is 8.22. The largest absolute Gasteiger partial charge is 0.330 e. The molecule has 1 aromatic heterocycles. The molecule has 88 valence electrons. The lowest BCUT2D eigenvalue weighted by Gasteiger charge is -2.10. The number of nitrogens with zero attached hydrogens (tertiary/aromatic N) is 2. The average Bonchev–Trinajstić information content (AvgIpc) is 2.65. The minimum absolute atomic E-state index is 0.319. The maximum atomic E-state index is 5.28. The molecule has 0 bridgehead atoms. The van der Waals surface area contributed by atoms with Crippen molar-refractivity contribution in [3.8, 4) is 12.3 Å². The standard InChI is InChI=1S/C14H17N3/c1-4-7-11(2)15-10-14-16-12-8-5-6-9-13(12)17(14)3/h1,5-6,8-9,11,15H,7,10H2,2-3H3. The molecule has 0 aliphatic carbocycles. The van der Waals surface area contributed by atoms with Crippen molar-refractivity contribution in [1.82, 2.24) is 14.9 Å². The van der Waals surface area contributed by atoms with E-state index in [-0.39, 0.29) is 0 Å². The van der Waals surface area contributed by atoms with E-state index in [9.17, 15) is 0 Å². The van der Waals surface area contributed by atoms with Gasteiger partial charge in [0.25, 0.3) is 0 Å². The number of hydrogen-bond acceptors (Lipinski definition) is 2. The summed E-state index contributed by atoms with van der Waals surface area (Å²) in [6, 6.07) is 8.47. The maximum Gasteiger partial charge on any atom is 0.123 e. The molecule has 2 rings (SSSR count). The molecule has 0 aliphatic heterocycles. The van der Waals surface area contributed by atoms with E-state index < -0.39 is 0 Å². The van der Waals surface area contributed by atoms with Crippen molar-refractivity contribution in [1.29, 1.82) is 0 Å². The summed E-state index contributed by atoms with van der Waals surface area (Å²) in [7, 11) is 2.04. The zero-order chi connectivity index (χ0) is 12.3. The molecular formula is C14H17N3. The summed E-state index contributed by atoms with van der Waals surface area (Å²) >= 11 is 0. The second-order valence-electron chi connectivity index (χ2n) is 4.27. The number of aryl methyl sites for hydroxylation is 1. The number of para-hydroxylation sites is 2. The predicted octanol–water partition coefficient (Wildman–Crippen LogP) is 2.07. The van der Waals surface area contributed by atoms with Gasteiger partial charge in [0, 0.05) is 19.5 Å². The predicted molar refractivity (Wildman–Crippen MR) is 70.5 cm³/mol. The number of imidazole rings is 1. The molecular weight excluding hydrogens is 210 g/mol.